The minimum Gasteiger partial charge on any atom is -0.508 e. The highest BCUT2D eigenvalue weighted by molar-refractivity contribution is 6.32. The summed E-state index contributed by atoms with van der Waals surface area (Å²) in [6.45, 7) is 8.14. The van der Waals surface area contributed by atoms with Crippen LogP contribution in [0.15, 0.2) is 6.07 Å². The second-order valence-corrected chi connectivity index (χ2v) is 4.29. The Kier molecular flexibility index (Phi) is 3.43. The number of rotatable bonds is 2. The van der Waals surface area contributed by atoms with Crippen LogP contribution in [-0.4, -0.2) is 5.11 Å². The molecule has 0 aliphatic rings. The van der Waals surface area contributed by atoms with E-state index in [1.165, 1.54) is 0 Å². The Morgan fingerprint density at radius 3 is 2.43 bits per heavy atom. The Morgan fingerprint density at radius 2 is 2.00 bits per heavy atom. The fraction of sp³-hybridized carbons (Fsp3) is 0.500. The van der Waals surface area contributed by atoms with Gasteiger partial charge in [0.05, 0.1) is 0 Å². The number of hydrogen-bond acceptors (Lipinski definition) is 1. The molecule has 0 radical (unpaired) electrons. The van der Waals surface area contributed by atoms with Crippen molar-refractivity contribution in [2.45, 2.75) is 40.0 Å². The highest BCUT2D eigenvalue weighted by atomic mass is 35.5. The van der Waals surface area contributed by atoms with E-state index in [4.69, 9.17) is 11.6 Å². The van der Waals surface area contributed by atoms with Gasteiger partial charge in [-0.05, 0) is 42.0 Å². The largest absolute Gasteiger partial charge is 0.508 e. The molecule has 1 aromatic rings. The van der Waals surface area contributed by atoms with Gasteiger partial charge in [0.1, 0.15) is 5.75 Å². The van der Waals surface area contributed by atoms with Crippen molar-refractivity contribution in [1.29, 1.82) is 0 Å². The third kappa shape index (κ3) is 1.88. The molecule has 78 valence electrons. The quantitative estimate of drug-likeness (QED) is 0.785. The zero-order valence-electron chi connectivity index (χ0n) is 9.19. The molecule has 0 spiro atoms. The predicted molar refractivity (Wildman–Crippen MR) is 61.3 cm³/mol. The lowest BCUT2D eigenvalue weighted by molar-refractivity contribution is 0.467. The first-order valence-corrected chi connectivity index (χ1v) is 5.37. The summed E-state index contributed by atoms with van der Waals surface area (Å²) >= 11 is 6.23. The first kappa shape index (κ1) is 11.4. The fourth-order valence-corrected chi connectivity index (χ4v) is 2.09. The first-order chi connectivity index (χ1) is 6.49. The molecule has 1 aromatic carbocycles. The molecule has 1 nitrogen and oxygen atoms in total. The summed E-state index contributed by atoms with van der Waals surface area (Å²) in [4.78, 5) is 0. The predicted octanol–water partition coefficient (Wildman–Crippen LogP) is 4.04. The maximum absolute atomic E-state index is 9.79. The van der Waals surface area contributed by atoms with Gasteiger partial charge in [0.2, 0.25) is 0 Å². The van der Waals surface area contributed by atoms with Crippen LogP contribution in [0.4, 0.5) is 0 Å². The van der Waals surface area contributed by atoms with E-state index in [0.29, 0.717) is 11.7 Å². The van der Waals surface area contributed by atoms with Crippen LogP contribution in [0, 0.1) is 6.92 Å². The lowest BCUT2D eigenvalue weighted by Gasteiger charge is -2.15. The van der Waals surface area contributed by atoms with Gasteiger partial charge in [-0.2, -0.15) is 0 Å². The number of halogens is 1. The topological polar surface area (TPSA) is 20.2 Å². The molecule has 2 heteroatoms. The van der Waals surface area contributed by atoms with E-state index in [-0.39, 0.29) is 0 Å². The van der Waals surface area contributed by atoms with Crippen molar-refractivity contribution < 1.29 is 5.11 Å². The third-order valence-electron chi connectivity index (χ3n) is 2.61. The van der Waals surface area contributed by atoms with Crippen LogP contribution in [-0.2, 0) is 6.42 Å². The number of aromatic hydroxyl groups is 1. The first-order valence-electron chi connectivity index (χ1n) is 4.99. The van der Waals surface area contributed by atoms with Crippen molar-refractivity contribution in [2.24, 2.45) is 0 Å². The minimum absolute atomic E-state index is 0.345. The fourth-order valence-electron chi connectivity index (χ4n) is 1.71. The van der Waals surface area contributed by atoms with E-state index >= 15 is 0 Å². The summed E-state index contributed by atoms with van der Waals surface area (Å²) in [5, 5.41) is 10.6. The summed E-state index contributed by atoms with van der Waals surface area (Å²) in [6, 6.07) is 1.79. The molecule has 0 fully saturated rings. The SMILES string of the molecule is CCc1c(O)cc(C(C)C)c(Cl)c1C. The van der Waals surface area contributed by atoms with Crippen LogP contribution >= 0.6 is 11.6 Å². The van der Waals surface area contributed by atoms with Gasteiger partial charge in [0.15, 0.2) is 0 Å². The highest BCUT2D eigenvalue weighted by Gasteiger charge is 2.13. The Bertz CT molecular complexity index is 343. The molecule has 1 N–H and O–H groups in total. The Balaban J connectivity index is 3.40. The van der Waals surface area contributed by atoms with Crippen molar-refractivity contribution in [3.05, 3.63) is 27.8 Å². The summed E-state index contributed by atoms with van der Waals surface area (Å²) in [5.74, 6) is 0.719. The summed E-state index contributed by atoms with van der Waals surface area (Å²) in [5.41, 5.74) is 3.00. The van der Waals surface area contributed by atoms with Gasteiger partial charge in [0.25, 0.3) is 0 Å². The molecule has 0 aliphatic carbocycles. The molecule has 0 unspecified atom stereocenters. The van der Waals surface area contributed by atoms with Gasteiger partial charge in [0, 0.05) is 5.02 Å². The van der Waals surface area contributed by atoms with Crippen LogP contribution in [0.3, 0.4) is 0 Å². The molecule has 0 aromatic heterocycles. The standard InChI is InChI=1S/C12H17ClO/c1-5-9-8(4)12(13)10(7(2)3)6-11(9)14/h6-7,14H,5H2,1-4H3. The van der Waals surface area contributed by atoms with E-state index in [9.17, 15) is 5.11 Å². The van der Waals surface area contributed by atoms with E-state index in [2.05, 4.69) is 13.8 Å². The summed E-state index contributed by atoms with van der Waals surface area (Å²) < 4.78 is 0. The Labute approximate surface area is 90.7 Å². The van der Waals surface area contributed by atoms with Crippen LogP contribution in [0.5, 0.6) is 5.75 Å². The smallest absolute Gasteiger partial charge is 0.119 e. The van der Waals surface area contributed by atoms with Crippen LogP contribution in [0.25, 0.3) is 0 Å². The Hall–Kier alpha value is -0.690. The Morgan fingerprint density at radius 1 is 1.43 bits per heavy atom. The van der Waals surface area contributed by atoms with Crippen LogP contribution < -0.4 is 0 Å². The van der Waals surface area contributed by atoms with Crippen molar-refractivity contribution in [1.82, 2.24) is 0 Å². The monoisotopic (exact) mass is 212 g/mol. The van der Waals surface area contributed by atoms with Gasteiger partial charge in [-0.3, -0.25) is 0 Å². The van der Waals surface area contributed by atoms with E-state index in [1.54, 1.807) is 6.07 Å². The van der Waals surface area contributed by atoms with E-state index in [0.717, 1.165) is 28.1 Å². The summed E-state index contributed by atoms with van der Waals surface area (Å²) in [6.07, 6.45) is 0.815. The molecule has 0 heterocycles. The van der Waals surface area contributed by atoms with Crippen molar-refractivity contribution in [3.63, 3.8) is 0 Å². The minimum atomic E-state index is 0.345. The molecule has 0 bridgehead atoms. The molecule has 0 atom stereocenters. The highest BCUT2D eigenvalue weighted by Crippen LogP contribution is 2.35. The lowest BCUT2D eigenvalue weighted by Crippen LogP contribution is -1.96. The van der Waals surface area contributed by atoms with Crippen LogP contribution in [0.1, 0.15) is 43.4 Å². The maximum Gasteiger partial charge on any atom is 0.119 e. The third-order valence-corrected chi connectivity index (χ3v) is 3.11. The average molecular weight is 213 g/mol. The average Bonchev–Trinajstić information content (AvgIpc) is 2.12. The molecule has 0 aliphatic heterocycles. The van der Waals surface area contributed by atoms with Gasteiger partial charge < -0.3 is 5.11 Å². The summed E-state index contributed by atoms with van der Waals surface area (Å²) in [7, 11) is 0. The van der Waals surface area contributed by atoms with E-state index < -0.39 is 0 Å². The number of hydrogen-bond donors (Lipinski definition) is 1. The zero-order chi connectivity index (χ0) is 10.9. The normalized spacial score (nSPS) is 11.0. The molecule has 0 saturated heterocycles. The number of phenolic OH excluding ortho intramolecular Hbond substituents is 1. The second kappa shape index (κ2) is 4.22. The second-order valence-electron chi connectivity index (χ2n) is 3.91. The molecule has 0 saturated carbocycles. The van der Waals surface area contributed by atoms with Crippen molar-refractivity contribution in [3.8, 4) is 5.75 Å². The molecular weight excluding hydrogens is 196 g/mol. The molecule has 1 rings (SSSR count). The zero-order valence-corrected chi connectivity index (χ0v) is 9.94. The van der Waals surface area contributed by atoms with Gasteiger partial charge in [-0.25, -0.2) is 0 Å². The lowest BCUT2D eigenvalue weighted by atomic mass is 9.96. The number of phenols is 1. The molecule has 0 amide bonds. The maximum atomic E-state index is 9.79. The van der Waals surface area contributed by atoms with Crippen LogP contribution in [0.2, 0.25) is 5.02 Å². The van der Waals surface area contributed by atoms with E-state index in [1.807, 2.05) is 13.8 Å². The number of benzene rings is 1. The molecular formula is C12H17ClO. The van der Waals surface area contributed by atoms with Gasteiger partial charge >= 0.3 is 0 Å². The van der Waals surface area contributed by atoms with Gasteiger partial charge in [-0.1, -0.05) is 32.4 Å². The van der Waals surface area contributed by atoms with Crippen molar-refractivity contribution >= 4 is 11.6 Å². The van der Waals surface area contributed by atoms with Gasteiger partial charge in [-0.15, -0.1) is 0 Å². The molecule has 14 heavy (non-hydrogen) atoms. The van der Waals surface area contributed by atoms with Crippen molar-refractivity contribution in [2.75, 3.05) is 0 Å².